The van der Waals surface area contributed by atoms with Gasteiger partial charge in [-0.15, -0.1) is 0 Å². The molecular weight excluding hydrogens is 454 g/mol. The molecule has 1 aromatic rings. The topological polar surface area (TPSA) is 123 Å². The number of ether oxygens (including phenoxy) is 3. The normalized spacial score (nSPS) is 27.7. The van der Waals surface area contributed by atoms with Crippen LogP contribution < -0.4 is 24.8 Å². The number of likely N-dealkylation sites (tertiary alicyclic amines) is 1. The van der Waals surface area contributed by atoms with Crippen molar-refractivity contribution >= 4 is 24.0 Å². The zero-order valence-corrected chi connectivity index (χ0v) is 19.6. The summed E-state index contributed by atoms with van der Waals surface area (Å²) in [5.41, 5.74) is 0. The van der Waals surface area contributed by atoms with Crippen molar-refractivity contribution in [1.82, 2.24) is 15.5 Å². The third-order valence-corrected chi connectivity index (χ3v) is 7.55. The maximum absolute atomic E-state index is 13.3. The Labute approximate surface area is 203 Å². The molecule has 0 spiro atoms. The van der Waals surface area contributed by atoms with Crippen molar-refractivity contribution in [2.45, 2.75) is 44.2 Å². The van der Waals surface area contributed by atoms with Crippen LogP contribution in [0.25, 0.3) is 0 Å². The van der Waals surface area contributed by atoms with Gasteiger partial charge in [0.25, 0.3) is 5.91 Å². The van der Waals surface area contributed by atoms with Gasteiger partial charge in [0.15, 0.2) is 18.1 Å². The fraction of sp³-hybridized carbons (Fsp3) is 0.600. The molecular formula is C25H31N3O7. The zero-order valence-electron chi connectivity index (χ0n) is 19.6. The van der Waals surface area contributed by atoms with Crippen LogP contribution in [-0.4, -0.2) is 73.9 Å². The van der Waals surface area contributed by atoms with Crippen molar-refractivity contribution in [2.75, 3.05) is 32.9 Å². The van der Waals surface area contributed by atoms with E-state index in [-0.39, 0.29) is 48.5 Å². The quantitative estimate of drug-likeness (QED) is 0.519. The third kappa shape index (κ3) is 4.92. The van der Waals surface area contributed by atoms with E-state index >= 15 is 0 Å². The van der Waals surface area contributed by atoms with Crippen LogP contribution in [0.15, 0.2) is 18.2 Å². The molecule has 10 heteroatoms. The van der Waals surface area contributed by atoms with Crippen molar-refractivity contribution in [1.29, 1.82) is 0 Å². The number of benzene rings is 1. The molecule has 3 fully saturated rings. The predicted octanol–water partition coefficient (Wildman–Crippen LogP) is 0.674. The summed E-state index contributed by atoms with van der Waals surface area (Å²) in [5, 5.41) is 5.56. The van der Waals surface area contributed by atoms with Crippen molar-refractivity contribution in [3.8, 4) is 17.2 Å². The van der Waals surface area contributed by atoms with E-state index in [0.717, 1.165) is 19.3 Å². The summed E-state index contributed by atoms with van der Waals surface area (Å²) < 4.78 is 16.8. The van der Waals surface area contributed by atoms with Crippen LogP contribution in [0.5, 0.6) is 17.2 Å². The molecule has 4 aliphatic rings. The van der Waals surface area contributed by atoms with Crippen LogP contribution in [0.1, 0.15) is 32.1 Å². The molecule has 5 atom stereocenters. The molecule has 1 aromatic carbocycles. The number of carbonyl (C=O) groups is 4. The van der Waals surface area contributed by atoms with Crippen molar-refractivity contribution in [3.05, 3.63) is 18.2 Å². The molecule has 1 saturated carbocycles. The summed E-state index contributed by atoms with van der Waals surface area (Å²) in [6, 6.07) is 3.76. The minimum atomic E-state index is -0.761. The van der Waals surface area contributed by atoms with Gasteiger partial charge in [-0.3, -0.25) is 14.4 Å². The lowest BCUT2D eigenvalue weighted by molar-refractivity contribution is -0.141. The van der Waals surface area contributed by atoms with Gasteiger partial charge >= 0.3 is 0 Å². The summed E-state index contributed by atoms with van der Waals surface area (Å²) >= 11 is 0. The average Bonchev–Trinajstić information content (AvgIpc) is 3.58. The minimum Gasteiger partial charge on any atom is -0.486 e. The number of nitrogens with one attached hydrogen (secondary N) is 2. The van der Waals surface area contributed by atoms with Gasteiger partial charge in [-0.2, -0.15) is 0 Å². The maximum atomic E-state index is 13.3. The highest BCUT2D eigenvalue weighted by Crippen LogP contribution is 2.42. The first-order chi connectivity index (χ1) is 17.0. The molecule has 35 heavy (non-hydrogen) atoms. The van der Waals surface area contributed by atoms with Crippen LogP contribution in [0.2, 0.25) is 0 Å². The van der Waals surface area contributed by atoms with Crippen LogP contribution in [-0.2, 0) is 19.2 Å². The van der Waals surface area contributed by atoms with Gasteiger partial charge in [-0.1, -0.05) is 6.42 Å². The molecule has 1 aliphatic carbocycles. The number of carbonyl (C=O) groups excluding carboxylic acids is 4. The summed E-state index contributed by atoms with van der Waals surface area (Å²) in [7, 11) is 0. The predicted molar refractivity (Wildman–Crippen MR) is 123 cm³/mol. The van der Waals surface area contributed by atoms with E-state index < -0.39 is 12.1 Å². The molecule has 188 valence electrons. The maximum Gasteiger partial charge on any atom is 0.261 e. The summed E-state index contributed by atoms with van der Waals surface area (Å²) in [5.74, 6) is 1.05. The number of nitrogens with zero attached hydrogens (tertiary/aromatic N) is 1. The summed E-state index contributed by atoms with van der Waals surface area (Å²) in [6.45, 7) is 1.83. The Morgan fingerprint density at radius 3 is 2.80 bits per heavy atom. The number of aldehydes is 1. The first-order valence-corrected chi connectivity index (χ1v) is 12.4. The molecule has 0 radical (unpaired) electrons. The second-order valence-electron chi connectivity index (χ2n) is 9.70. The molecule has 3 amide bonds. The minimum absolute atomic E-state index is 0.0651. The molecule has 2 saturated heterocycles. The lowest BCUT2D eigenvalue weighted by Gasteiger charge is -2.28. The van der Waals surface area contributed by atoms with Gasteiger partial charge in [0.05, 0.1) is 6.04 Å². The van der Waals surface area contributed by atoms with E-state index in [0.29, 0.717) is 56.3 Å². The Bertz CT molecular complexity index is 999. The Morgan fingerprint density at radius 1 is 1.20 bits per heavy atom. The van der Waals surface area contributed by atoms with Gasteiger partial charge in [0, 0.05) is 25.1 Å². The van der Waals surface area contributed by atoms with E-state index in [1.54, 1.807) is 23.1 Å². The van der Waals surface area contributed by atoms with Gasteiger partial charge in [0.2, 0.25) is 11.8 Å². The second-order valence-corrected chi connectivity index (χ2v) is 9.70. The number of fused-ring (bicyclic) bond motifs is 2. The highest BCUT2D eigenvalue weighted by atomic mass is 16.6. The molecule has 0 bridgehead atoms. The third-order valence-electron chi connectivity index (χ3n) is 7.55. The van der Waals surface area contributed by atoms with E-state index in [4.69, 9.17) is 14.2 Å². The smallest absolute Gasteiger partial charge is 0.261 e. The van der Waals surface area contributed by atoms with Crippen LogP contribution in [0, 0.1) is 17.8 Å². The molecule has 2 N–H and O–H groups in total. The average molecular weight is 486 g/mol. The monoisotopic (exact) mass is 485 g/mol. The van der Waals surface area contributed by atoms with Gasteiger partial charge in [-0.25, -0.2) is 0 Å². The Hall–Kier alpha value is -3.30. The molecule has 10 nitrogen and oxygen atoms in total. The van der Waals surface area contributed by atoms with Crippen LogP contribution in [0.3, 0.4) is 0 Å². The standard InChI is InChI=1S/C25H31N3O7/c29-13-17(10-15-6-7-26-24(15)31)27-25(32)23-19-3-1-2-16(19)12-28(23)22(30)14-35-18-4-5-20-21(11-18)34-9-8-33-20/h4-5,11,13,15-17,19,23H,1-3,6-10,12,14H2,(H,26,31)(H,27,32)/t15-,16-,17-,19+,23?/m0/s1. The Kier molecular flexibility index (Phi) is 6.79. The molecule has 1 unspecified atom stereocenters. The van der Waals surface area contributed by atoms with Crippen molar-refractivity contribution in [3.63, 3.8) is 0 Å². The summed E-state index contributed by atoms with van der Waals surface area (Å²) in [4.78, 5) is 51.7. The van der Waals surface area contributed by atoms with E-state index in [1.165, 1.54) is 0 Å². The van der Waals surface area contributed by atoms with Gasteiger partial charge < -0.3 is 34.5 Å². The number of hydrogen-bond donors (Lipinski definition) is 2. The first kappa shape index (κ1) is 23.4. The molecule has 5 rings (SSSR count). The largest absolute Gasteiger partial charge is 0.486 e. The lowest BCUT2D eigenvalue weighted by Crippen LogP contribution is -2.52. The number of hydrogen-bond acceptors (Lipinski definition) is 7. The van der Waals surface area contributed by atoms with Crippen LogP contribution in [0.4, 0.5) is 0 Å². The Balaban J connectivity index is 1.23. The molecule has 0 aromatic heterocycles. The zero-order chi connectivity index (χ0) is 24.4. The number of rotatable bonds is 8. The first-order valence-electron chi connectivity index (χ1n) is 12.4. The molecule has 3 aliphatic heterocycles. The van der Waals surface area contributed by atoms with E-state index in [2.05, 4.69) is 10.6 Å². The number of amides is 3. The van der Waals surface area contributed by atoms with Gasteiger partial charge in [-0.05, 0) is 49.7 Å². The van der Waals surface area contributed by atoms with Crippen LogP contribution >= 0.6 is 0 Å². The van der Waals surface area contributed by atoms with Crippen molar-refractivity contribution < 1.29 is 33.4 Å². The highest BCUT2D eigenvalue weighted by Gasteiger charge is 2.49. The fourth-order valence-electron chi connectivity index (χ4n) is 5.83. The summed E-state index contributed by atoms with van der Waals surface area (Å²) in [6.07, 6.45) is 4.46. The lowest BCUT2D eigenvalue weighted by atomic mass is 9.92. The highest BCUT2D eigenvalue weighted by molar-refractivity contribution is 5.91. The Morgan fingerprint density at radius 2 is 2.03 bits per heavy atom. The second kappa shape index (κ2) is 10.1. The SMILES string of the molecule is O=C[C@H](C[C@@H]1CCNC1=O)NC(=O)C1[C@@H]2CCC[C@H]2CN1C(=O)COc1ccc2c(c1)OCCO2. The molecule has 3 heterocycles. The van der Waals surface area contributed by atoms with Crippen molar-refractivity contribution in [2.24, 2.45) is 17.8 Å². The van der Waals surface area contributed by atoms with E-state index in [9.17, 15) is 19.2 Å². The van der Waals surface area contributed by atoms with Gasteiger partial charge in [0.1, 0.15) is 31.3 Å². The fourth-order valence-corrected chi connectivity index (χ4v) is 5.83. The van der Waals surface area contributed by atoms with E-state index in [1.807, 2.05) is 0 Å².